The minimum absolute atomic E-state index is 0.193. The maximum atomic E-state index is 13.5. The zero-order chi connectivity index (χ0) is 20.5. The molecule has 0 radical (unpaired) electrons. The number of amides is 2. The highest BCUT2D eigenvalue weighted by atomic mass is 35.5. The average Bonchev–Trinajstić information content (AvgIpc) is 3.20. The molecule has 148 valence electrons. The zero-order valence-electron chi connectivity index (χ0n) is 16.2. The van der Waals surface area contributed by atoms with Crippen LogP contribution in [0, 0.1) is 0 Å². The monoisotopic (exact) mass is 413 g/mol. The van der Waals surface area contributed by atoms with Gasteiger partial charge in [0.1, 0.15) is 0 Å². The van der Waals surface area contributed by atoms with Gasteiger partial charge in [-0.3, -0.25) is 0 Å². The predicted molar refractivity (Wildman–Crippen MR) is 120 cm³/mol. The Kier molecular flexibility index (Phi) is 4.77. The van der Waals surface area contributed by atoms with E-state index in [1.54, 1.807) is 6.07 Å². The second-order valence-electron chi connectivity index (χ2n) is 7.28. The molecule has 1 atom stereocenters. The van der Waals surface area contributed by atoms with E-state index in [0.717, 1.165) is 22.5 Å². The molecule has 1 N–H and O–H groups in total. The molecule has 0 aliphatic carbocycles. The van der Waals surface area contributed by atoms with Crippen LogP contribution in [0.2, 0.25) is 5.02 Å². The summed E-state index contributed by atoms with van der Waals surface area (Å²) in [4.78, 5) is 15.4. The summed E-state index contributed by atoms with van der Waals surface area (Å²) in [5.74, 6) is 0. The molecule has 2 amide bonds. The Balaban J connectivity index is 1.64. The Hall–Kier alpha value is -3.50. The highest BCUT2D eigenvalue weighted by molar-refractivity contribution is 6.33. The van der Waals surface area contributed by atoms with Crippen LogP contribution >= 0.6 is 11.6 Å². The lowest BCUT2D eigenvalue weighted by molar-refractivity contribution is 0.194. The molecule has 1 aromatic heterocycles. The molecule has 0 saturated heterocycles. The molecule has 0 saturated carbocycles. The Morgan fingerprint density at radius 2 is 1.60 bits per heavy atom. The van der Waals surface area contributed by atoms with Crippen molar-refractivity contribution in [3.05, 3.63) is 119 Å². The molecule has 1 unspecified atom stereocenters. The van der Waals surface area contributed by atoms with Gasteiger partial charge in [-0.2, -0.15) is 0 Å². The number of fused-ring (bicyclic) bond motifs is 3. The summed E-state index contributed by atoms with van der Waals surface area (Å²) < 4.78 is 2.18. The lowest BCUT2D eigenvalue weighted by Crippen LogP contribution is -2.38. The first-order valence-corrected chi connectivity index (χ1v) is 10.2. The molecule has 5 rings (SSSR count). The van der Waals surface area contributed by atoms with Crippen molar-refractivity contribution in [1.82, 2.24) is 9.47 Å². The Morgan fingerprint density at radius 3 is 2.43 bits per heavy atom. The third-order valence-electron chi connectivity index (χ3n) is 5.46. The lowest BCUT2D eigenvalue weighted by atomic mass is 10.0. The predicted octanol–water partition coefficient (Wildman–Crippen LogP) is 6.27. The van der Waals surface area contributed by atoms with Gasteiger partial charge in [-0.1, -0.05) is 72.3 Å². The van der Waals surface area contributed by atoms with Crippen molar-refractivity contribution in [3.63, 3.8) is 0 Å². The van der Waals surface area contributed by atoms with Crippen LogP contribution in [-0.2, 0) is 6.54 Å². The van der Waals surface area contributed by atoms with Crippen molar-refractivity contribution in [1.29, 1.82) is 0 Å². The van der Waals surface area contributed by atoms with Gasteiger partial charge in [0.2, 0.25) is 0 Å². The molecule has 30 heavy (non-hydrogen) atoms. The van der Waals surface area contributed by atoms with E-state index in [9.17, 15) is 4.79 Å². The average molecular weight is 414 g/mol. The van der Waals surface area contributed by atoms with Crippen molar-refractivity contribution in [3.8, 4) is 5.69 Å². The summed E-state index contributed by atoms with van der Waals surface area (Å²) in [5.41, 5.74) is 4.87. The number of aromatic nitrogens is 1. The molecule has 3 aromatic carbocycles. The summed E-state index contributed by atoms with van der Waals surface area (Å²) in [6, 6.07) is 29.3. The SMILES string of the molecule is O=C(Nc1ccccc1Cl)N1Cc2ccccc2-n2cccc2C1c1ccccc1. The van der Waals surface area contributed by atoms with E-state index in [-0.39, 0.29) is 12.1 Å². The standard InChI is InChI=1S/C25H20ClN3O/c26-20-12-5-6-13-21(20)27-25(30)29-17-19-11-4-7-14-22(19)28-16-8-15-23(28)24(29)18-9-2-1-3-10-18/h1-16,24H,17H2,(H,27,30). The third kappa shape index (κ3) is 3.25. The maximum Gasteiger partial charge on any atom is 0.323 e. The molecule has 0 fully saturated rings. The number of hydrogen-bond acceptors (Lipinski definition) is 1. The van der Waals surface area contributed by atoms with Gasteiger partial charge >= 0.3 is 6.03 Å². The van der Waals surface area contributed by atoms with Crippen LogP contribution < -0.4 is 5.32 Å². The second-order valence-corrected chi connectivity index (χ2v) is 7.69. The fourth-order valence-corrected chi connectivity index (χ4v) is 4.26. The van der Waals surface area contributed by atoms with Gasteiger partial charge in [-0.05, 0) is 41.5 Å². The van der Waals surface area contributed by atoms with Gasteiger partial charge in [-0.15, -0.1) is 0 Å². The molecule has 1 aliphatic heterocycles. The Morgan fingerprint density at radius 1 is 0.867 bits per heavy atom. The van der Waals surface area contributed by atoms with Gasteiger partial charge < -0.3 is 14.8 Å². The first-order chi connectivity index (χ1) is 14.7. The summed E-state index contributed by atoms with van der Waals surface area (Å²) in [5, 5.41) is 3.52. The lowest BCUT2D eigenvalue weighted by Gasteiger charge is -2.31. The van der Waals surface area contributed by atoms with Crippen LogP contribution in [-0.4, -0.2) is 15.5 Å². The highest BCUT2D eigenvalue weighted by Gasteiger charge is 2.33. The van der Waals surface area contributed by atoms with Crippen molar-refractivity contribution < 1.29 is 4.79 Å². The maximum absolute atomic E-state index is 13.5. The van der Waals surface area contributed by atoms with Gasteiger partial charge in [0, 0.05) is 11.9 Å². The van der Waals surface area contributed by atoms with Crippen molar-refractivity contribution in [2.75, 3.05) is 5.32 Å². The van der Waals surface area contributed by atoms with Crippen LogP contribution in [0.15, 0.2) is 97.2 Å². The minimum Gasteiger partial charge on any atom is -0.318 e. The van der Waals surface area contributed by atoms with E-state index < -0.39 is 0 Å². The first-order valence-electron chi connectivity index (χ1n) is 9.85. The summed E-state index contributed by atoms with van der Waals surface area (Å²) >= 11 is 6.30. The van der Waals surface area contributed by atoms with Gasteiger partial charge in [0.15, 0.2) is 0 Å². The van der Waals surface area contributed by atoms with E-state index in [1.165, 1.54) is 0 Å². The first kappa shape index (κ1) is 18.5. The second kappa shape index (κ2) is 7.73. The molecular formula is C25H20ClN3O. The Labute approximate surface area is 180 Å². The largest absolute Gasteiger partial charge is 0.323 e. The van der Waals surface area contributed by atoms with Crippen LogP contribution in [0.1, 0.15) is 22.9 Å². The van der Waals surface area contributed by atoms with Crippen LogP contribution in [0.25, 0.3) is 5.69 Å². The topological polar surface area (TPSA) is 37.3 Å². The van der Waals surface area contributed by atoms with E-state index in [0.29, 0.717) is 17.3 Å². The van der Waals surface area contributed by atoms with E-state index in [2.05, 4.69) is 46.4 Å². The molecule has 5 heteroatoms. The van der Waals surface area contributed by atoms with Crippen molar-refractivity contribution in [2.45, 2.75) is 12.6 Å². The highest BCUT2D eigenvalue weighted by Crippen LogP contribution is 2.37. The summed E-state index contributed by atoms with van der Waals surface area (Å²) in [6.45, 7) is 0.480. The summed E-state index contributed by atoms with van der Waals surface area (Å²) in [7, 11) is 0. The number of nitrogens with zero attached hydrogens (tertiary/aromatic N) is 2. The smallest absolute Gasteiger partial charge is 0.318 e. The normalized spacial score (nSPS) is 15.1. The van der Waals surface area contributed by atoms with E-state index in [1.807, 2.05) is 59.5 Å². The number of carbonyl (C=O) groups excluding carboxylic acids is 1. The van der Waals surface area contributed by atoms with Crippen LogP contribution in [0.5, 0.6) is 0 Å². The fourth-order valence-electron chi connectivity index (χ4n) is 4.08. The van der Waals surface area contributed by atoms with Crippen molar-refractivity contribution in [2.24, 2.45) is 0 Å². The number of nitrogens with one attached hydrogen (secondary N) is 1. The van der Waals surface area contributed by atoms with Crippen molar-refractivity contribution >= 4 is 23.3 Å². The number of benzene rings is 3. The summed E-state index contributed by atoms with van der Waals surface area (Å²) in [6.07, 6.45) is 2.06. The molecule has 4 aromatic rings. The number of carbonyl (C=O) groups is 1. The number of urea groups is 1. The Bertz CT molecular complexity index is 1200. The quantitative estimate of drug-likeness (QED) is 0.413. The van der Waals surface area contributed by atoms with E-state index >= 15 is 0 Å². The minimum atomic E-state index is -0.240. The molecular weight excluding hydrogens is 394 g/mol. The number of rotatable bonds is 2. The van der Waals surface area contributed by atoms with Gasteiger partial charge in [0.05, 0.1) is 29.0 Å². The molecule has 4 nitrogen and oxygen atoms in total. The van der Waals surface area contributed by atoms with Crippen LogP contribution in [0.4, 0.5) is 10.5 Å². The number of halogens is 1. The molecule has 1 aliphatic rings. The number of hydrogen-bond donors (Lipinski definition) is 1. The molecule has 0 spiro atoms. The van der Waals surface area contributed by atoms with Crippen LogP contribution in [0.3, 0.4) is 0 Å². The number of para-hydroxylation sites is 2. The third-order valence-corrected chi connectivity index (χ3v) is 5.79. The molecule has 2 heterocycles. The van der Waals surface area contributed by atoms with Gasteiger partial charge in [-0.25, -0.2) is 4.79 Å². The number of anilines is 1. The van der Waals surface area contributed by atoms with Gasteiger partial charge in [0.25, 0.3) is 0 Å². The molecule has 0 bridgehead atoms. The zero-order valence-corrected chi connectivity index (χ0v) is 17.0. The fraction of sp³-hybridized carbons (Fsp3) is 0.0800. The van der Waals surface area contributed by atoms with E-state index in [4.69, 9.17) is 11.6 Å².